The summed E-state index contributed by atoms with van der Waals surface area (Å²) >= 11 is 0. The summed E-state index contributed by atoms with van der Waals surface area (Å²) in [6.45, 7) is 2.75. The van der Waals surface area contributed by atoms with Crippen molar-refractivity contribution in [1.82, 2.24) is 4.57 Å². The minimum atomic E-state index is -0.227. The number of carbonyl (C=O) groups is 1. The van der Waals surface area contributed by atoms with Crippen molar-refractivity contribution >= 4 is 5.91 Å². The maximum Gasteiger partial charge on any atom is 0.278 e. The fraction of sp³-hybridized carbons (Fsp3) is 0.100. The highest BCUT2D eigenvalue weighted by molar-refractivity contribution is 5.94. The lowest BCUT2D eigenvalue weighted by molar-refractivity contribution is 0.0997. The highest BCUT2D eigenvalue weighted by Gasteiger charge is 2.03. The number of aryl methyl sites for hydroxylation is 1. The molecule has 0 saturated heterocycles. The summed E-state index contributed by atoms with van der Waals surface area (Å²) in [5.74, 6) is -0.227. The van der Waals surface area contributed by atoms with E-state index in [1.165, 1.54) is 11.1 Å². The van der Waals surface area contributed by atoms with E-state index in [-0.39, 0.29) is 5.91 Å². The predicted octanol–water partition coefficient (Wildman–Crippen LogP) is 3.59. The van der Waals surface area contributed by atoms with Gasteiger partial charge in [-0.05, 0) is 36.8 Å². The van der Waals surface area contributed by atoms with Gasteiger partial charge in [0.25, 0.3) is 5.91 Å². The molecule has 0 atom stereocenters. The molecule has 0 aliphatic carbocycles. The molecule has 23 heavy (non-hydrogen) atoms. The summed E-state index contributed by atoms with van der Waals surface area (Å²) in [6, 6.07) is 23.2. The lowest BCUT2D eigenvalue weighted by Crippen LogP contribution is -2.22. The van der Waals surface area contributed by atoms with Crippen molar-refractivity contribution in [3.63, 3.8) is 0 Å². The van der Waals surface area contributed by atoms with Gasteiger partial charge in [0.05, 0.1) is 0 Å². The number of nitrogens with zero attached hydrogens (tertiary/aromatic N) is 2. The van der Waals surface area contributed by atoms with Gasteiger partial charge >= 0.3 is 0 Å². The molecule has 1 amide bonds. The van der Waals surface area contributed by atoms with Gasteiger partial charge in [0.15, 0.2) is 0 Å². The second-order valence-corrected chi connectivity index (χ2v) is 5.46. The van der Waals surface area contributed by atoms with E-state index in [9.17, 15) is 4.79 Å². The molecule has 1 aromatic heterocycles. The minimum absolute atomic E-state index is 0.227. The SMILES string of the molecule is Cc1ccc(Cn2ccccc2=NC(=O)c2ccccc2)cc1. The van der Waals surface area contributed by atoms with Crippen molar-refractivity contribution in [3.05, 3.63) is 101 Å². The molecule has 0 bridgehead atoms. The highest BCUT2D eigenvalue weighted by Crippen LogP contribution is 2.05. The second-order valence-electron chi connectivity index (χ2n) is 5.46. The maximum atomic E-state index is 12.3. The van der Waals surface area contributed by atoms with Crippen molar-refractivity contribution in [2.45, 2.75) is 13.5 Å². The van der Waals surface area contributed by atoms with Crippen LogP contribution in [0.4, 0.5) is 0 Å². The molecule has 1 heterocycles. The van der Waals surface area contributed by atoms with E-state index in [1.807, 2.05) is 47.2 Å². The Morgan fingerprint density at radius 1 is 0.913 bits per heavy atom. The van der Waals surface area contributed by atoms with Gasteiger partial charge in [-0.1, -0.05) is 54.1 Å². The van der Waals surface area contributed by atoms with Crippen LogP contribution in [0.5, 0.6) is 0 Å². The van der Waals surface area contributed by atoms with E-state index >= 15 is 0 Å². The topological polar surface area (TPSA) is 34.4 Å². The van der Waals surface area contributed by atoms with Crippen LogP contribution in [-0.4, -0.2) is 10.5 Å². The number of benzene rings is 2. The highest BCUT2D eigenvalue weighted by atomic mass is 16.1. The molecule has 3 rings (SSSR count). The number of carbonyl (C=O) groups excluding carboxylic acids is 1. The maximum absolute atomic E-state index is 12.3. The average Bonchev–Trinajstić information content (AvgIpc) is 2.59. The molecule has 0 aliphatic heterocycles. The molecule has 0 radical (unpaired) electrons. The van der Waals surface area contributed by atoms with Gasteiger partial charge in [-0.15, -0.1) is 0 Å². The van der Waals surface area contributed by atoms with Crippen LogP contribution in [0, 0.1) is 6.92 Å². The number of aromatic nitrogens is 1. The van der Waals surface area contributed by atoms with Gasteiger partial charge in [0.2, 0.25) is 0 Å². The number of hydrogen-bond acceptors (Lipinski definition) is 1. The summed E-state index contributed by atoms with van der Waals surface area (Å²) in [5.41, 5.74) is 3.66. The Morgan fingerprint density at radius 3 is 2.35 bits per heavy atom. The Labute approximate surface area is 135 Å². The van der Waals surface area contributed by atoms with Crippen LogP contribution in [0.1, 0.15) is 21.5 Å². The zero-order valence-electron chi connectivity index (χ0n) is 13.0. The first-order valence-corrected chi connectivity index (χ1v) is 7.57. The zero-order chi connectivity index (χ0) is 16.1. The lowest BCUT2D eigenvalue weighted by Gasteiger charge is -2.07. The Bertz CT molecular complexity index is 862. The average molecular weight is 302 g/mol. The van der Waals surface area contributed by atoms with E-state index in [4.69, 9.17) is 0 Å². The van der Waals surface area contributed by atoms with Gasteiger partial charge in [-0.25, -0.2) is 0 Å². The summed E-state index contributed by atoms with van der Waals surface area (Å²) in [7, 11) is 0. The molecular formula is C20H18N2O. The molecule has 114 valence electrons. The standard InChI is InChI=1S/C20H18N2O/c1-16-10-12-17(13-11-16)15-22-14-6-5-9-19(22)21-20(23)18-7-3-2-4-8-18/h2-14H,15H2,1H3. The second kappa shape index (κ2) is 6.88. The van der Waals surface area contributed by atoms with Gasteiger partial charge in [0, 0.05) is 18.3 Å². The van der Waals surface area contributed by atoms with Crippen molar-refractivity contribution in [2.24, 2.45) is 4.99 Å². The Hall–Kier alpha value is -2.94. The fourth-order valence-corrected chi connectivity index (χ4v) is 2.34. The van der Waals surface area contributed by atoms with Crippen LogP contribution in [0.25, 0.3) is 0 Å². The third-order valence-electron chi connectivity index (χ3n) is 3.63. The van der Waals surface area contributed by atoms with Crippen molar-refractivity contribution in [1.29, 1.82) is 0 Å². The summed E-state index contributed by atoms with van der Waals surface area (Å²) in [5, 5.41) is 0. The van der Waals surface area contributed by atoms with Crippen LogP contribution in [0.15, 0.2) is 84.0 Å². The normalized spacial score (nSPS) is 11.4. The van der Waals surface area contributed by atoms with Crippen LogP contribution in [0.3, 0.4) is 0 Å². The smallest absolute Gasteiger partial charge is 0.278 e. The number of pyridine rings is 1. The minimum Gasteiger partial charge on any atom is -0.328 e. The molecule has 0 spiro atoms. The van der Waals surface area contributed by atoms with Crippen molar-refractivity contribution < 1.29 is 4.79 Å². The molecule has 0 aliphatic rings. The third kappa shape index (κ3) is 3.83. The molecule has 0 unspecified atom stereocenters. The van der Waals surface area contributed by atoms with Crippen LogP contribution < -0.4 is 5.49 Å². The van der Waals surface area contributed by atoms with Crippen LogP contribution in [0.2, 0.25) is 0 Å². The predicted molar refractivity (Wildman–Crippen MR) is 91.0 cm³/mol. The summed E-state index contributed by atoms with van der Waals surface area (Å²) < 4.78 is 1.98. The first-order chi connectivity index (χ1) is 11.2. The first-order valence-electron chi connectivity index (χ1n) is 7.57. The summed E-state index contributed by atoms with van der Waals surface area (Å²) in [4.78, 5) is 16.6. The molecular weight excluding hydrogens is 284 g/mol. The largest absolute Gasteiger partial charge is 0.328 e. The van der Waals surface area contributed by atoms with Crippen LogP contribution in [-0.2, 0) is 6.54 Å². The van der Waals surface area contributed by atoms with E-state index in [1.54, 1.807) is 12.1 Å². The number of rotatable bonds is 3. The monoisotopic (exact) mass is 302 g/mol. The molecule has 0 N–H and O–H groups in total. The quantitative estimate of drug-likeness (QED) is 0.728. The van der Waals surface area contributed by atoms with E-state index in [2.05, 4.69) is 36.2 Å². The third-order valence-corrected chi connectivity index (χ3v) is 3.63. The molecule has 3 aromatic rings. The van der Waals surface area contributed by atoms with E-state index in [0.717, 1.165) is 0 Å². The van der Waals surface area contributed by atoms with Crippen molar-refractivity contribution in [3.8, 4) is 0 Å². The molecule has 3 heteroatoms. The Balaban J connectivity index is 1.93. The van der Waals surface area contributed by atoms with E-state index in [0.29, 0.717) is 17.6 Å². The Kier molecular flexibility index (Phi) is 4.48. The fourth-order valence-electron chi connectivity index (χ4n) is 2.34. The number of hydrogen-bond donors (Lipinski definition) is 0. The van der Waals surface area contributed by atoms with Crippen LogP contribution >= 0.6 is 0 Å². The molecule has 0 fully saturated rings. The zero-order valence-corrected chi connectivity index (χ0v) is 13.0. The molecule has 0 saturated carbocycles. The summed E-state index contributed by atoms with van der Waals surface area (Å²) in [6.07, 6.45) is 1.94. The number of amides is 1. The van der Waals surface area contributed by atoms with Gasteiger partial charge in [-0.2, -0.15) is 4.99 Å². The molecule has 3 nitrogen and oxygen atoms in total. The van der Waals surface area contributed by atoms with Crippen molar-refractivity contribution in [2.75, 3.05) is 0 Å². The van der Waals surface area contributed by atoms with Gasteiger partial charge < -0.3 is 4.57 Å². The Morgan fingerprint density at radius 2 is 1.61 bits per heavy atom. The van der Waals surface area contributed by atoms with Gasteiger partial charge in [-0.3, -0.25) is 4.79 Å². The first kappa shape index (κ1) is 15.0. The lowest BCUT2D eigenvalue weighted by atomic mass is 10.1. The van der Waals surface area contributed by atoms with Gasteiger partial charge in [0.1, 0.15) is 5.49 Å². The van der Waals surface area contributed by atoms with E-state index < -0.39 is 0 Å². The molecule has 2 aromatic carbocycles.